The molecule has 1 aliphatic heterocycles. The van der Waals surface area contributed by atoms with Crippen LogP contribution in [0.5, 0.6) is 5.75 Å². The molecular weight excluding hydrogens is 359 g/mol. The molecule has 0 radical (unpaired) electrons. The van der Waals surface area contributed by atoms with Gasteiger partial charge in [0.2, 0.25) is 0 Å². The second-order valence-electron chi connectivity index (χ2n) is 6.83. The molecular formula is C22H23FN2O3. The molecule has 0 aliphatic carbocycles. The number of amides is 2. The average molecular weight is 382 g/mol. The van der Waals surface area contributed by atoms with E-state index >= 15 is 0 Å². The lowest BCUT2D eigenvalue weighted by molar-refractivity contribution is -0.138. The number of anilines is 1. The molecule has 0 aromatic heterocycles. The van der Waals surface area contributed by atoms with Gasteiger partial charge in [0.15, 0.2) is 0 Å². The summed E-state index contributed by atoms with van der Waals surface area (Å²) in [6, 6.07) is 12.5. The third-order valence-electron chi connectivity index (χ3n) is 4.34. The van der Waals surface area contributed by atoms with Gasteiger partial charge >= 0.3 is 0 Å². The van der Waals surface area contributed by atoms with Crippen molar-refractivity contribution in [2.75, 3.05) is 11.9 Å². The summed E-state index contributed by atoms with van der Waals surface area (Å²) in [5.74, 6) is -0.530. The molecule has 0 fully saturated rings. The van der Waals surface area contributed by atoms with E-state index in [0.717, 1.165) is 6.42 Å². The topological polar surface area (TPSA) is 58.6 Å². The Morgan fingerprint density at radius 1 is 1.07 bits per heavy atom. The first-order valence-electron chi connectivity index (χ1n) is 9.30. The fourth-order valence-corrected chi connectivity index (χ4v) is 3.05. The van der Waals surface area contributed by atoms with Crippen LogP contribution in [0.4, 0.5) is 10.1 Å². The molecule has 0 saturated carbocycles. The van der Waals surface area contributed by atoms with Crippen molar-refractivity contribution in [1.29, 1.82) is 0 Å². The summed E-state index contributed by atoms with van der Waals surface area (Å²) in [6.45, 7) is 6.18. The van der Waals surface area contributed by atoms with Gasteiger partial charge in [-0.25, -0.2) is 4.39 Å². The largest absolute Gasteiger partial charge is 0.494 e. The molecule has 28 heavy (non-hydrogen) atoms. The molecule has 0 spiro atoms. The third-order valence-corrected chi connectivity index (χ3v) is 4.34. The average Bonchev–Trinajstić information content (AvgIpc) is 2.90. The number of ether oxygens (including phenoxy) is 1. The molecule has 1 N–H and O–H groups in total. The van der Waals surface area contributed by atoms with Crippen LogP contribution in [-0.4, -0.2) is 29.4 Å². The van der Waals surface area contributed by atoms with Crippen molar-refractivity contribution in [3.05, 3.63) is 65.6 Å². The summed E-state index contributed by atoms with van der Waals surface area (Å²) in [7, 11) is 0. The molecule has 2 aromatic rings. The first kappa shape index (κ1) is 19.6. The van der Waals surface area contributed by atoms with E-state index < -0.39 is 11.7 Å². The summed E-state index contributed by atoms with van der Waals surface area (Å²) < 4.78 is 19.1. The molecule has 0 atom stereocenters. The summed E-state index contributed by atoms with van der Waals surface area (Å²) >= 11 is 0. The Kier molecular flexibility index (Phi) is 5.78. The van der Waals surface area contributed by atoms with Crippen molar-refractivity contribution in [3.63, 3.8) is 0 Å². The Morgan fingerprint density at radius 3 is 2.39 bits per heavy atom. The van der Waals surface area contributed by atoms with Gasteiger partial charge < -0.3 is 10.1 Å². The zero-order chi connectivity index (χ0) is 20.3. The van der Waals surface area contributed by atoms with Gasteiger partial charge in [0.1, 0.15) is 17.3 Å². The van der Waals surface area contributed by atoms with Crippen LogP contribution < -0.4 is 10.1 Å². The highest BCUT2D eigenvalue weighted by Crippen LogP contribution is 2.32. The van der Waals surface area contributed by atoms with E-state index in [1.807, 2.05) is 6.92 Å². The summed E-state index contributed by atoms with van der Waals surface area (Å²) in [6.07, 6.45) is 0.894. The van der Waals surface area contributed by atoms with Crippen LogP contribution in [0.1, 0.15) is 32.8 Å². The zero-order valence-corrected chi connectivity index (χ0v) is 16.2. The predicted molar refractivity (Wildman–Crippen MR) is 106 cm³/mol. The van der Waals surface area contributed by atoms with Gasteiger partial charge in [-0.2, -0.15) is 0 Å². The number of hydrogen-bond donors (Lipinski definition) is 1. The number of halogens is 1. The molecule has 1 heterocycles. The Morgan fingerprint density at radius 2 is 1.79 bits per heavy atom. The lowest BCUT2D eigenvalue weighted by Crippen LogP contribution is -2.38. The second kappa shape index (κ2) is 8.25. The SMILES string of the molecule is CCCOc1ccc(C2=C(Nc3cccc(F)c3)C(=O)N(C(C)C)C2=O)cc1. The predicted octanol–water partition coefficient (Wildman–Crippen LogP) is 4.21. The maximum Gasteiger partial charge on any atom is 0.278 e. The van der Waals surface area contributed by atoms with E-state index in [2.05, 4.69) is 5.32 Å². The minimum atomic E-state index is -0.429. The maximum atomic E-state index is 13.6. The van der Waals surface area contributed by atoms with Crippen LogP contribution in [0, 0.1) is 5.82 Å². The van der Waals surface area contributed by atoms with Crippen LogP contribution in [0.25, 0.3) is 5.57 Å². The molecule has 0 bridgehead atoms. The van der Waals surface area contributed by atoms with E-state index in [-0.39, 0.29) is 23.2 Å². The number of nitrogens with one attached hydrogen (secondary N) is 1. The molecule has 0 saturated heterocycles. The molecule has 6 heteroatoms. The van der Waals surface area contributed by atoms with Gasteiger partial charge in [-0.1, -0.05) is 25.1 Å². The molecule has 0 unspecified atom stereocenters. The second-order valence-corrected chi connectivity index (χ2v) is 6.83. The number of carbonyl (C=O) groups excluding carboxylic acids is 2. The van der Waals surface area contributed by atoms with Crippen LogP contribution in [0.15, 0.2) is 54.2 Å². The fourth-order valence-electron chi connectivity index (χ4n) is 3.05. The molecule has 2 amide bonds. The summed E-state index contributed by atoms with van der Waals surface area (Å²) in [5, 5.41) is 2.94. The highest BCUT2D eigenvalue weighted by Gasteiger charge is 2.40. The van der Waals surface area contributed by atoms with Crippen LogP contribution in [0.3, 0.4) is 0 Å². The maximum absolute atomic E-state index is 13.6. The van der Waals surface area contributed by atoms with E-state index in [1.165, 1.54) is 17.0 Å². The molecule has 146 valence electrons. The smallest absolute Gasteiger partial charge is 0.278 e. The van der Waals surface area contributed by atoms with Gasteiger partial charge in [0.25, 0.3) is 11.8 Å². The number of nitrogens with zero attached hydrogens (tertiary/aromatic N) is 1. The van der Waals surface area contributed by atoms with E-state index in [9.17, 15) is 14.0 Å². The van der Waals surface area contributed by atoms with E-state index in [4.69, 9.17) is 4.74 Å². The standard InChI is InChI=1S/C22H23FN2O3/c1-4-12-28-18-10-8-15(9-11-18)19-20(22(27)25(14(2)3)21(19)26)24-17-7-5-6-16(23)13-17/h5-11,13-14,24H,4,12H2,1-3H3. The Labute approximate surface area is 163 Å². The van der Waals surface area contributed by atoms with Gasteiger partial charge in [-0.15, -0.1) is 0 Å². The van der Waals surface area contributed by atoms with Crippen molar-refractivity contribution in [2.45, 2.75) is 33.2 Å². The van der Waals surface area contributed by atoms with Crippen molar-refractivity contribution in [2.24, 2.45) is 0 Å². The van der Waals surface area contributed by atoms with Gasteiger partial charge in [-0.3, -0.25) is 14.5 Å². The third kappa shape index (κ3) is 3.91. The monoisotopic (exact) mass is 382 g/mol. The zero-order valence-electron chi connectivity index (χ0n) is 16.2. The van der Waals surface area contributed by atoms with Gasteiger partial charge in [-0.05, 0) is 56.2 Å². The van der Waals surface area contributed by atoms with Crippen molar-refractivity contribution < 1.29 is 18.7 Å². The van der Waals surface area contributed by atoms with Crippen LogP contribution in [0.2, 0.25) is 0 Å². The summed E-state index contributed by atoms with van der Waals surface area (Å²) in [4.78, 5) is 27.1. The molecule has 1 aliphatic rings. The highest BCUT2D eigenvalue weighted by atomic mass is 19.1. The van der Waals surface area contributed by atoms with Crippen LogP contribution in [-0.2, 0) is 9.59 Å². The van der Waals surface area contributed by atoms with Crippen molar-refractivity contribution >= 4 is 23.1 Å². The first-order chi connectivity index (χ1) is 13.4. The van der Waals surface area contributed by atoms with E-state index in [1.54, 1.807) is 50.2 Å². The summed E-state index contributed by atoms with van der Waals surface area (Å²) in [5.41, 5.74) is 1.42. The number of imide groups is 1. The number of hydrogen-bond acceptors (Lipinski definition) is 4. The molecule has 2 aromatic carbocycles. The number of carbonyl (C=O) groups is 2. The minimum absolute atomic E-state index is 0.145. The van der Waals surface area contributed by atoms with Gasteiger partial charge in [0, 0.05) is 11.7 Å². The van der Waals surface area contributed by atoms with Gasteiger partial charge in [0.05, 0.1) is 12.2 Å². The van der Waals surface area contributed by atoms with Crippen molar-refractivity contribution in [1.82, 2.24) is 4.90 Å². The Bertz CT molecular complexity index is 920. The minimum Gasteiger partial charge on any atom is -0.494 e. The number of rotatable bonds is 7. The number of benzene rings is 2. The molecule has 5 nitrogen and oxygen atoms in total. The molecule has 3 rings (SSSR count). The normalized spacial score (nSPS) is 14.2. The quantitative estimate of drug-likeness (QED) is 0.729. The Hall–Kier alpha value is -3.15. The highest BCUT2D eigenvalue weighted by molar-refractivity contribution is 6.36. The fraction of sp³-hybridized carbons (Fsp3) is 0.273. The Balaban J connectivity index is 2.01. The van der Waals surface area contributed by atoms with Crippen molar-refractivity contribution in [3.8, 4) is 5.75 Å². The van der Waals surface area contributed by atoms with Crippen LogP contribution >= 0.6 is 0 Å². The lowest BCUT2D eigenvalue weighted by Gasteiger charge is -2.19. The van der Waals surface area contributed by atoms with E-state index in [0.29, 0.717) is 23.6 Å². The first-order valence-corrected chi connectivity index (χ1v) is 9.30. The lowest BCUT2D eigenvalue weighted by atomic mass is 10.0.